The Hall–Kier alpha value is -1.75. The first-order valence-corrected chi connectivity index (χ1v) is 19.6. The van der Waals surface area contributed by atoms with Gasteiger partial charge in [0.1, 0.15) is 29.9 Å². The third-order valence-corrected chi connectivity index (χ3v) is 13.4. The molecule has 0 unspecified atom stereocenters. The summed E-state index contributed by atoms with van der Waals surface area (Å²) in [5.74, 6) is 1.11. The van der Waals surface area contributed by atoms with Crippen LogP contribution in [-0.2, 0) is 42.7 Å². The minimum absolute atomic E-state index is 0.0626. The van der Waals surface area contributed by atoms with Gasteiger partial charge in [0.25, 0.3) is 0 Å². The van der Waals surface area contributed by atoms with E-state index in [1.54, 1.807) is 27.4 Å². The highest BCUT2D eigenvalue weighted by molar-refractivity contribution is 5.89. The van der Waals surface area contributed by atoms with E-state index in [9.17, 15) is 20.1 Å². The van der Waals surface area contributed by atoms with Crippen LogP contribution in [0.1, 0.15) is 96.3 Å². The van der Waals surface area contributed by atoms with Gasteiger partial charge in [0.15, 0.2) is 18.9 Å². The SMILES string of the molecule is CO[C@@H]1C[C@@H](O[C@H]2[C@@H](O)C[C@@H](O[C@@H]3[C@H](C)O[C@@H](O[C@H]4CC5=CC[C@H]6C(=O)[C@H](c7ccoc7C)CC[C@H]6[C@]5(C)C[C@H]4O)C[C@H]3OC)O[C@@H]2C)O[C@@H](C)[C@@H]1O. The highest BCUT2D eigenvalue weighted by atomic mass is 16.7. The summed E-state index contributed by atoms with van der Waals surface area (Å²) in [6.07, 6.45) is 0.130. The molecule has 4 heterocycles. The molecular weight excluding hydrogens is 688 g/mol. The third-order valence-electron chi connectivity index (χ3n) is 13.4. The van der Waals surface area contributed by atoms with Gasteiger partial charge in [-0.2, -0.15) is 0 Å². The Bertz CT molecular complexity index is 1430. The van der Waals surface area contributed by atoms with Crippen molar-refractivity contribution in [2.45, 2.75) is 178 Å². The Morgan fingerprint density at radius 3 is 2.11 bits per heavy atom. The summed E-state index contributed by atoms with van der Waals surface area (Å²) in [6, 6.07) is 1.94. The van der Waals surface area contributed by atoms with Crippen molar-refractivity contribution in [1.29, 1.82) is 0 Å². The average molecular weight is 749 g/mol. The second kappa shape index (κ2) is 16.0. The zero-order valence-electron chi connectivity index (χ0n) is 32.1. The Morgan fingerprint density at radius 2 is 1.43 bits per heavy atom. The van der Waals surface area contributed by atoms with Crippen molar-refractivity contribution in [2.24, 2.45) is 17.3 Å². The number of aryl methyl sites for hydroxylation is 1. The monoisotopic (exact) mass is 748 g/mol. The molecule has 3 aliphatic heterocycles. The molecule has 3 N–H and O–H groups in total. The number of fused-ring (bicyclic) bond motifs is 3. The summed E-state index contributed by atoms with van der Waals surface area (Å²) in [7, 11) is 3.17. The fourth-order valence-electron chi connectivity index (χ4n) is 10.3. The highest BCUT2D eigenvalue weighted by Crippen LogP contribution is 2.58. The minimum Gasteiger partial charge on any atom is -0.469 e. The summed E-state index contributed by atoms with van der Waals surface area (Å²) >= 11 is 0. The molecule has 1 aromatic rings. The predicted octanol–water partition coefficient (Wildman–Crippen LogP) is 4.07. The van der Waals surface area contributed by atoms with Crippen molar-refractivity contribution >= 4 is 5.78 Å². The molecule has 3 aliphatic carbocycles. The molecule has 3 saturated heterocycles. The number of aliphatic hydroxyl groups excluding tert-OH is 3. The molecule has 7 rings (SSSR count). The zero-order valence-corrected chi connectivity index (χ0v) is 32.1. The number of Topliss-reactive ketones (excluding diaryl/α,β-unsaturated/α-hetero) is 1. The van der Waals surface area contributed by atoms with Crippen LogP contribution < -0.4 is 0 Å². The van der Waals surface area contributed by atoms with Crippen molar-refractivity contribution in [3.63, 3.8) is 0 Å². The maximum Gasteiger partial charge on any atom is 0.161 e. The van der Waals surface area contributed by atoms with Gasteiger partial charge in [0.2, 0.25) is 0 Å². The molecule has 0 amide bonds. The van der Waals surface area contributed by atoms with E-state index in [0.29, 0.717) is 37.9 Å². The van der Waals surface area contributed by atoms with Crippen LogP contribution in [0, 0.1) is 24.2 Å². The molecule has 298 valence electrons. The highest BCUT2D eigenvalue weighted by Gasteiger charge is 2.55. The smallest absolute Gasteiger partial charge is 0.161 e. The van der Waals surface area contributed by atoms with Crippen molar-refractivity contribution in [2.75, 3.05) is 14.2 Å². The van der Waals surface area contributed by atoms with Gasteiger partial charge >= 0.3 is 0 Å². The molecule has 13 heteroatoms. The van der Waals surface area contributed by atoms with Gasteiger partial charge in [-0.3, -0.25) is 4.79 Å². The Kier molecular flexibility index (Phi) is 11.9. The van der Waals surface area contributed by atoms with E-state index >= 15 is 0 Å². The molecular formula is C40H60O13. The Labute approximate surface area is 312 Å². The quantitative estimate of drug-likeness (QED) is 0.310. The van der Waals surface area contributed by atoms with Gasteiger partial charge in [0.05, 0.1) is 55.1 Å². The maximum atomic E-state index is 13.8. The number of carbonyl (C=O) groups is 1. The largest absolute Gasteiger partial charge is 0.469 e. The molecule has 13 nitrogen and oxygen atoms in total. The van der Waals surface area contributed by atoms with Gasteiger partial charge in [-0.1, -0.05) is 18.6 Å². The van der Waals surface area contributed by atoms with Gasteiger partial charge in [0, 0.05) is 50.9 Å². The van der Waals surface area contributed by atoms with Crippen LogP contribution >= 0.6 is 0 Å². The van der Waals surface area contributed by atoms with Crippen LogP contribution in [0.5, 0.6) is 0 Å². The molecule has 1 aromatic heterocycles. The van der Waals surface area contributed by atoms with E-state index < -0.39 is 79.9 Å². The van der Waals surface area contributed by atoms with Crippen molar-refractivity contribution in [3.05, 3.63) is 35.3 Å². The van der Waals surface area contributed by atoms with Gasteiger partial charge in [-0.15, -0.1) is 0 Å². The third kappa shape index (κ3) is 7.70. The van der Waals surface area contributed by atoms with Crippen LogP contribution in [0.4, 0.5) is 0 Å². The van der Waals surface area contributed by atoms with E-state index in [1.807, 2.05) is 26.8 Å². The van der Waals surface area contributed by atoms with E-state index in [-0.39, 0.29) is 35.7 Å². The fraction of sp³-hybridized carbons (Fsp3) is 0.825. The Morgan fingerprint density at radius 1 is 0.792 bits per heavy atom. The summed E-state index contributed by atoms with van der Waals surface area (Å²) in [5.41, 5.74) is 2.00. The number of hydrogen-bond acceptors (Lipinski definition) is 13. The molecule has 0 radical (unpaired) electrons. The number of rotatable bonds is 9. The van der Waals surface area contributed by atoms with Crippen molar-refractivity contribution in [3.8, 4) is 0 Å². The van der Waals surface area contributed by atoms with E-state index in [0.717, 1.165) is 24.2 Å². The number of aliphatic hydroxyl groups is 3. The van der Waals surface area contributed by atoms with Crippen LogP contribution in [0.3, 0.4) is 0 Å². The fourth-order valence-corrected chi connectivity index (χ4v) is 10.3. The summed E-state index contributed by atoms with van der Waals surface area (Å²) in [5, 5.41) is 33.0. The maximum absolute atomic E-state index is 13.8. The minimum atomic E-state index is -0.885. The van der Waals surface area contributed by atoms with Crippen LogP contribution in [0.15, 0.2) is 28.4 Å². The number of hydrogen-bond donors (Lipinski definition) is 3. The first-order valence-electron chi connectivity index (χ1n) is 19.6. The topological polar surface area (TPSA) is 165 Å². The number of furan rings is 1. The number of ether oxygens (including phenoxy) is 8. The summed E-state index contributed by atoms with van der Waals surface area (Å²) in [6.45, 7) is 9.63. The second-order valence-electron chi connectivity index (χ2n) is 16.5. The summed E-state index contributed by atoms with van der Waals surface area (Å²) < 4.78 is 54.3. The van der Waals surface area contributed by atoms with Gasteiger partial charge in [-0.25, -0.2) is 0 Å². The second-order valence-corrected chi connectivity index (χ2v) is 16.5. The molecule has 18 atom stereocenters. The van der Waals surface area contributed by atoms with E-state index in [2.05, 4.69) is 13.0 Å². The standard InChI is InChI=1S/C40H60O13/c1-19-24(12-13-47-19)25-10-11-27-26(37(25)44)9-8-23-14-30(29(42)18-40(23,27)5)51-34-17-32(46-7)39(22(4)50-34)53-33-15-28(41)38(21(3)49-33)52-35-16-31(45-6)36(43)20(2)48-35/h8,12-13,20-22,25-36,38-39,41-43H,9-11,14-18H2,1-7H3/t20-,21+,22-,25-,26+,27+,28-,29+,30-,31+,32+,33+,34-,35+,36-,38+,39+,40+/m0/s1. The first-order chi connectivity index (χ1) is 25.3. The molecule has 53 heavy (non-hydrogen) atoms. The molecule has 5 fully saturated rings. The van der Waals surface area contributed by atoms with Crippen LogP contribution in [-0.4, -0.2) is 121 Å². The number of ketones is 1. The van der Waals surface area contributed by atoms with Gasteiger partial charge in [-0.05, 0) is 77.2 Å². The van der Waals surface area contributed by atoms with E-state index in [4.69, 9.17) is 42.3 Å². The lowest BCUT2D eigenvalue weighted by molar-refractivity contribution is -0.338. The lowest BCUT2D eigenvalue weighted by Gasteiger charge is -2.54. The lowest BCUT2D eigenvalue weighted by atomic mass is 9.51. The molecule has 0 aromatic carbocycles. The van der Waals surface area contributed by atoms with Crippen LogP contribution in [0.25, 0.3) is 0 Å². The zero-order chi connectivity index (χ0) is 37.8. The molecule has 2 saturated carbocycles. The molecule has 0 bridgehead atoms. The van der Waals surface area contributed by atoms with Crippen molar-refractivity contribution in [1.82, 2.24) is 0 Å². The molecule has 6 aliphatic rings. The predicted molar refractivity (Wildman–Crippen MR) is 189 cm³/mol. The number of allylic oxidation sites excluding steroid dienone is 1. The first kappa shape index (κ1) is 39.5. The number of methoxy groups -OCH3 is 2. The summed E-state index contributed by atoms with van der Waals surface area (Å²) in [4.78, 5) is 13.8. The molecule has 0 spiro atoms. The van der Waals surface area contributed by atoms with Crippen LogP contribution in [0.2, 0.25) is 0 Å². The van der Waals surface area contributed by atoms with Gasteiger partial charge < -0.3 is 57.6 Å². The normalized spacial score (nSPS) is 47.8. The van der Waals surface area contributed by atoms with E-state index in [1.165, 1.54) is 5.57 Å². The van der Waals surface area contributed by atoms with Crippen molar-refractivity contribution < 1.29 is 62.4 Å². The number of carbonyl (C=O) groups excluding carboxylic acids is 1. The lowest BCUT2D eigenvalue weighted by Crippen LogP contribution is -2.57. The Balaban J connectivity index is 0.932. The average Bonchev–Trinajstić information content (AvgIpc) is 3.54.